The highest BCUT2D eigenvalue weighted by atomic mass is 19.1. The molecule has 6 heteroatoms. The molecule has 0 aliphatic carbocycles. The minimum Gasteiger partial charge on any atom is -0.497 e. The molecule has 0 fully saturated rings. The van der Waals surface area contributed by atoms with E-state index in [1.165, 1.54) is 20.1 Å². The van der Waals surface area contributed by atoms with Gasteiger partial charge in [0.05, 0.1) is 12.6 Å². The molecule has 0 atom stereocenters. The van der Waals surface area contributed by atoms with Crippen LogP contribution in [0.3, 0.4) is 0 Å². The zero-order chi connectivity index (χ0) is 22.7. The number of nitrogens with zero attached hydrogens (tertiary/aromatic N) is 3. The number of halogens is 1. The molecule has 4 rings (SSSR count). The van der Waals surface area contributed by atoms with Gasteiger partial charge in [0.2, 0.25) is 0 Å². The maximum absolute atomic E-state index is 14.8. The van der Waals surface area contributed by atoms with E-state index in [-0.39, 0.29) is 5.78 Å². The van der Waals surface area contributed by atoms with Crippen molar-refractivity contribution in [2.24, 2.45) is 0 Å². The van der Waals surface area contributed by atoms with Gasteiger partial charge < -0.3 is 9.58 Å². The predicted molar refractivity (Wildman–Crippen MR) is 122 cm³/mol. The first-order chi connectivity index (χ1) is 15.5. The van der Waals surface area contributed by atoms with Crippen LogP contribution in [0.25, 0.3) is 26.9 Å². The maximum Gasteiger partial charge on any atom is 0.269 e. The summed E-state index contributed by atoms with van der Waals surface area (Å²) in [6.45, 7) is 8.44. The number of aryl methyl sites for hydroxylation is 2. The van der Waals surface area contributed by atoms with Crippen LogP contribution in [0.15, 0.2) is 60.8 Å². The standard InChI is InChI=1S/C26H20FN3O2/c1-16(31)24-14-22(20-10-8-19(32-3)13-23(20)27)21-9-6-17(12-25(21)30-24)4-5-18-7-11-26(28-2)29-15-18/h6-15H,4-5H2,1,3H3. The van der Waals surface area contributed by atoms with E-state index < -0.39 is 5.82 Å². The van der Waals surface area contributed by atoms with Crippen LogP contribution in [0.5, 0.6) is 5.75 Å². The molecular formula is C26H20FN3O2. The molecule has 32 heavy (non-hydrogen) atoms. The van der Waals surface area contributed by atoms with Crippen LogP contribution < -0.4 is 4.74 Å². The van der Waals surface area contributed by atoms with E-state index in [1.54, 1.807) is 30.5 Å². The summed E-state index contributed by atoms with van der Waals surface area (Å²) in [4.78, 5) is 24.0. The zero-order valence-corrected chi connectivity index (χ0v) is 17.7. The van der Waals surface area contributed by atoms with E-state index in [0.29, 0.717) is 33.9 Å². The normalized spacial score (nSPS) is 10.7. The van der Waals surface area contributed by atoms with Crippen molar-refractivity contribution in [2.75, 3.05) is 7.11 Å². The number of carbonyl (C=O) groups excluding carboxylic acids is 1. The number of methoxy groups -OCH3 is 1. The molecule has 2 heterocycles. The second-order valence-corrected chi connectivity index (χ2v) is 7.44. The highest BCUT2D eigenvalue weighted by molar-refractivity contribution is 6.01. The fraction of sp³-hybridized carbons (Fsp3) is 0.154. The lowest BCUT2D eigenvalue weighted by atomic mass is 9.96. The summed E-state index contributed by atoms with van der Waals surface area (Å²) in [6, 6.07) is 15.8. The van der Waals surface area contributed by atoms with Crippen LogP contribution in [-0.2, 0) is 12.8 Å². The molecule has 0 spiro atoms. The summed E-state index contributed by atoms with van der Waals surface area (Å²) in [6.07, 6.45) is 3.21. The van der Waals surface area contributed by atoms with E-state index >= 15 is 0 Å². The average molecular weight is 425 g/mol. The van der Waals surface area contributed by atoms with Crippen molar-refractivity contribution < 1.29 is 13.9 Å². The molecule has 0 saturated carbocycles. The van der Waals surface area contributed by atoms with Crippen molar-refractivity contribution in [3.63, 3.8) is 0 Å². The summed E-state index contributed by atoms with van der Waals surface area (Å²) >= 11 is 0. The Bertz CT molecular complexity index is 1360. The highest BCUT2D eigenvalue weighted by Crippen LogP contribution is 2.33. The molecule has 2 aromatic carbocycles. The fourth-order valence-corrected chi connectivity index (χ4v) is 3.59. The second-order valence-electron chi connectivity index (χ2n) is 7.44. The number of pyridine rings is 2. The number of hydrogen-bond acceptors (Lipinski definition) is 4. The Morgan fingerprint density at radius 2 is 1.81 bits per heavy atom. The number of benzene rings is 2. The largest absolute Gasteiger partial charge is 0.497 e. The number of ketones is 1. The third-order valence-corrected chi connectivity index (χ3v) is 5.33. The molecule has 0 N–H and O–H groups in total. The quantitative estimate of drug-likeness (QED) is 0.282. The molecule has 4 aromatic rings. The molecule has 158 valence electrons. The molecule has 0 aliphatic rings. The Morgan fingerprint density at radius 3 is 2.47 bits per heavy atom. The van der Waals surface area contributed by atoms with Gasteiger partial charge in [0.25, 0.3) is 5.82 Å². The number of carbonyl (C=O) groups is 1. The lowest BCUT2D eigenvalue weighted by molar-refractivity contribution is 0.101. The maximum atomic E-state index is 14.8. The Balaban J connectivity index is 1.72. The summed E-state index contributed by atoms with van der Waals surface area (Å²) in [5.41, 5.74) is 4.01. The van der Waals surface area contributed by atoms with Gasteiger partial charge in [-0.1, -0.05) is 24.8 Å². The third kappa shape index (κ3) is 4.33. The number of hydrogen-bond donors (Lipinski definition) is 0. The zero-order valence-electron chi connectivity index (χ0n) is 17.7. The van der Waals surface area contributed by atoms with Crippen molar-refractivity contribution in [2.45, 2.75) is 19.8 Å². The van der Waals surface area contributed by atoms with Crippen LogP contribution in [0.4, 0.5) is 10.2 Å². The van der Waals surface area contributed by atoms with E-state index in [2.05, 4.69) is 14.8 Å². The monoisotopic (exact) mass is 425 g/mol. The summed E-state index contributed by atoms with van der Waals surface area (Å²) < 4.78 is 19.9. The molecule has 0 saturated heterocycles. The van der Waals surface area contributed by atoms with Gasteiger partial charge >= 0.3 is 0 Å². The Kier molecular flexibility index (Phi) is 5.91. The van der Waals surface area contributed by atoms with Crippen molar-refractivity contribution in [3.05, 3.63) is 94.8 Å². The van der Waals surface area contributed by atoms with Crippen LogP contribution in [0, 0.1) is 12.4 Å². The van der Waals surface area contributed by atoms with Crippen LogP contribution in [0.2, 0.25) is 0 Å². The number of aromatic nitrogens is 2. The van der Waals surface area contributed by atoms with Crippen molar-refractivity contribution in [1.82, 2.24) is 9.97 Å². The molecule has 0 radical (unpaired) electrons. The smallest absolute Gasteiger partial charge is 0.269 e. The Hall–Kier alpha value is -4.11. The first-order valence-electron chi connectivity index (χ1n) is 10.1. The SMILES string of the molecule is [C-]#[N+]c1ccc(CCc2ccc3c(-c4ccc(OC)cc4F)cc(C(C)=O)nc3c2)cn1. The van der Waals surface area contributed by atoms with Crippen molar-refractivity contribution in [3.8, 4) is 16.9 Å². The van der Waals surface area contributed by atoms with Gasteiger partial charge in [-0.2, -0.15) is 0 Å². The van der Waals surface area contributed by atoms with Gasteiger partial charge in [-0.15, -0.1) is 4.98 Å². The fourth-order valence-electron chi connectivity index (χ4n) is 3.59. The topological polar surface area (TPSA) is 56.4 Å². The number of ether oxygens (including phenoxy) is 1. The predicted octanol–water partition coefficient (Wildman–Crippen LogP) is 5.98. The first kappa shape index (κ1) is 21.1. The molecular weight excluding hydrogens is 405 g/mol. The summed E-state index contributed by atoms with van der Waals surface area (Å²) in [7, 11) is 1.49. The Morgan fingerprint density at radius 1 is 1.03 bits per heavy atom. The molecule has 0 bridgehead atoms. The first-order valence-corrected chi connectivity index (χ1v) is 10.1. The van der Waals surface area contributed by atoms with Gasteiger partial charge in [-0.25, -0.2) is 9.37 Å². The van der Waals surface area contributed by atoms with Crippen LogP contribution in [-0.4, -0.2) is 22.9 Å². The van der Waals surface area contributed by atoms with E-state index in [4.69, 9.17) is 11.3 Å². The van der Waals surface area contributed by atoms with Crippen molar-refractivity contribution >= 4 is 22.5 Å². The van der Waals surface area contributed by atoms with E-state index in [0.717, 1.165) is 29.4 Å². The molecule has 0 aliphatic heterocycles. The number of Topliss-reactive ketones (excluding diaryl/α,β-unsaturated/α-hetero) is 1. The molecule has 2 aromatic heterocycles. The molecule has 0 amide bonds. The van der Waals surface area contributed by atoms with Crippen LogP contribution >= 0.6 is 0 Å². The minimum atomic E-state index is -0.425. The van der Waals surface area contributed by atoms with Gasteiger partial charge in [-0.05, 0) is 59.9 Å². The minimum absolute atomic E-state index is 0.182. The number of rotatable bonds is 6. The van der Waals surface area contributed by atoms with Crippen molar-refractivity contribution in [1.29, 1.82) is 0 Å². The van der Waals surface area contributed by atoms with Gasteiger partial charge in [0.1, 0.15) is 23.5 Å². The average Bonchev–Trinajstić information content (AvgIpc) is 2.82. The lowest BCUT2D eigenvalue weighted by Crippen LogP contribution is -2.00. The highest BCUT2D eigenvalue weighted by Gasteiger charge is 2.15. The van der Waals surface area contributed by atoms with E-state index in [1.807, 2.05) is 24.3 Å². The van der Waals surface area contributed by atoms with E-state index in [9.17, 15) is 9.18 Å². The van der Waals surface area contributed by atoms with Gasteiger partial charge in [0, 0.05) is 23.9 Å². The second kappa shape index (κ2) is 8.94. The van der Waals surface area contributed by atoms with Gasteiger partial charge in [0.15, 0.2) is 5.78 Å². The lowest BCUT2D eigenvalue weighted by Gasteiger charge is -2.12. The van der Waals surface area contributed by atoms with Crippen LogP contribution in [0.1, 0.15) is 28.5 Å². The number of fused-ring (bicyclic) bond motifs is 1. The van der Waals surface area contributed by atoms with Gasteiger partial charge in [-0.3, -0.25) is 4.79 Å². The Labute approximate surface area is 185 Å². The third-order valence-electron chi connectivity index (χ3n) is 5.33. The molecule has 5 nitrogen and oxygen atoms in total. The molecule has 0 unspecified atom stereocenters. The summed E-state index contributed by atoms with van der Waals surface area (Å²) in [5.74, 6) is 0.195. The summed E-state index contributed by atoms with van der Waals surface area (Å²) in [5, 5.41) is 0.769.